The molecule has 0 aliphatic rings. The van der Waals surface area contributed by atoms with Crippen LogP contribution in [-0.4, -0.2) is 4.57 Å². The van der Waals surface area contributed by atoms with Crippen molar-refractivity contribution in [1.82, 2.24) is 4.57 Å². The summed E-state index contributed by atoms with van der Waals surface area (Å²) in [7, 11) is 0. The second kappa shape index (κ2) is 11.0. The topological polar surface area (TPSA) is 21.3 Å². The molecule has 3 nitrogen and oxygen atoms in total. The molecule has 0 saturated heterocycles. The second-order valence-corrected chi connectivity index (χ2v) is 12.6. The first-order valence-corrected chi connectivity index (χ1v) is 16.7. The molecule has 0 unspecified atom stereocenters. The highest BCUT2D eigenvalue weighted by atomic mass is 16.3. The summed E-state index contributed by atoms with van der Waals surface area (Å²) in [6.07, 6.45) is 0. The second-order valence-electron chi connectivity index (χ2n) is 12.6. The molecule has 2 aromatic heterocycles. The van der Waals surface area contributed by atoms with Crippen LogP contribution >= 0.6 is 0 Å². The van der Waals surface area contributed by atoms with Crippen molar-refractivity contribution >= 4 is 71.6 Å². The van der Waals surface area contributed by atoms with E-state index in [2.05, 4.69) is 179 Å². The Bertz CT molecular complexity index is 2810. The number of anilines is 3. The lowest BCUT2D eigenvalue weighted by Crippen LogP contribution is -2.10. The number of hydrogen-bond acceptors (Lipinski definition) is 2. The van der Waals surface area contributed by atoms with Gasteiger partial charge in [-0.15, -0.1) is 0 Å². The molecule has 230 valence electrons. The zero-order valence-corrected chi connectivity index (χ0v) is 26.6. The van der Waals surface area contributed by atoms with Crippen molar-refractivity contribution in [3.05, 3.63) is 182 Å². The van der Waals surface area contributed by atoms with Gasteiger partial charge >= 0.3 is 0 Å². The van der Waals surface area contributed by atoms with Crippen LogP contribution in [0.3, 0.4) is 0 Å². The Hall–Kier alpha value is -6.58. The number of hydrogen-bond donors (Lipinski definition) is 0. The van der Waals surface area contributed by atoms with Gasteiger partial charge < -0.3 is 13.9 Å². The monoisotopic (exact) mass is 626 g/mol. The molecule has 0 saturated carbocycles. The van der Waals surface area contributed by atoms with Gasteiger partial charge in [0.25, 0.3) is 0 Å². The zero-order chi connectivity index (χ0) is 32.3. The minimum absolute atomic E-state index is 0.914. The van der Waals surface area contributed by atoms with E-state index in [0.29, 0.717) is 0 Å². The molecule has 49 heavy (non-hydrogen) atoms. The van der Waals surface area contributed by atoms with Gasteiger partial charge in [0.1, 0.15) is 11.2 Å². The van der Waals surface area contributed by atoms with E-state index in [-0.39, 0.29) is 0 Å². The number of benzene rings is 8. The number of furan rings is 1. The third kappa shape index (κ3) is 4.51. The third-order valence-corrected chi connectivity index (χ3v) is 9.76. The highest BCUT2D eigenvalue weighted by Gasteiger charge is 2.18. The lowest BCUT2D eigenvalue weighted by atomic mass is 10.0. The molecule has 0 amide bonds. The van der Waals surface area contributed by atoms with Crippen LogP contribution in [0.2, 0.25) is 0 Å². The number of nitrogens with zero attached hydrogens (tertiary/aromatic N) is 2. The number of rotatable bonds is 5. The smallest absolute Gasteiger partial charge is 0.136 e. The maximum atomic E-state index is 6.29. The van der Waals surface area contributed by atoms with Crippen molar-refractivity contribution in [2.75, 3.05) is 4.90 Å². The molecule has 0 fully saturated rings. The first-order valence-electron chi connectivity index (χ1n) is 16.7. The predicted octanol–water partition coefficient (Wildman–Crippen LogP) is 13.0. The molecule has 0 N–H and O–H groups in total. The summed E-state index contributed by atoms with van der Waals surface area (Å²) in [5.41, 5.74) is 11.0. The number of fused-ring (bicyclic) bond motifs is 7. The van der Waals surface area contributed by atoms with Gasteiger partial charge in [0.2, 0.25) is 0 Å². The van der Waals surface area contributed by atoms with Gasteiger partial charge in [-0.1, -0.05) is 103 Å². The van der Waals surface area contributed by atoms with Gasteiger partial charge in [0, 0.05) is 44.3 Å². The van der Waals surface area contributed by atoms with E-state index in [1.54, 1.807) is 0 Å². The van der Waals surface area contributed by atoms with E-state index in [4.69, 9.17) is 4.42 Å². The standard InChI is InChI=1S/C46H30N2O/c1-2-12-35(13-3-1)47(36-22-20-32(21-23-36)34-19-18-31-10-4-5-11-33(31)28-34)37-24-26-38(27-25-37)48-43-16-8-6-14-39(43)41-30-46-42(29-44(41)48)40-15-7-9-17-45(40)49-46/h1-30H. The molecule has 0 atom stereocenters. The average Bonchev–Trinajstić information content (AvgIpc) is 3.69. The Balaban J connectivity index is 1.08. The summed E-state index contributed by atoms with van der Waals surface area (Å²) in [6, 6.07) is 65.0. The minimum atomic E-state index is 0.914. The molecule has 8 aromatic carbocycles. The fourth-order valence-corrected chi connectivity index (χ4v) is 7.41. The van der Waals surface area contributed by atoms with Crippen LogP contribution in [-0.2, 0) is 0 Å². The van der Waals surface area contributed by atoms with Crippen LogP contribution in [0, 0.1) is 0 Å². The largest absolute Gasteiger partial charge is 0.456 e. The summed E-state index contributed by atoms with van der Waals surface area (Å²) in [5, 5.41) is 7.17. The van der Waals surface area contributed by atoms with Crippen LogP contribution in [0.25, 0.3) is 71.3 Å². The van der Waals surface area contributed by atoms with Gasteiger partial charge in [0.05, 0.1) is 11.0 Å². The third-order valence-electron chi connectivity index (χ3n) is 9.76. The van der Waals surface area contributed by atoms with Crippen molar-refractivity contribution in [3.63, 3.8) is 0 Å². The van der Waals surface area contributed by atoms with Crippen LogP contribution in [0.1, 0.15) is 0 Å². The molecule has 10 aromatic rings. The van der Waals surface area contributed by atoms with Crippen LogP contribution in [0.15, 0.2) is 186 Å². The number of para-hydroxylation sites is 3. The summed E-state index contributed by atoms with van der Waals surface area (Å²) in [6.45, 7) is 0. The normalized spacial score (nSPS) is 11.7. The predicted molar refractivity (Wildman–Crippen MR) is 206 cm³/mol. The van der Waals surface area contributed by atoms with E-state index in [0.717, 1.165) is 50.2 Å². The fraction of sp³-hybridized carbons (Fsp3) is 0. The summed E-state index contributed by atoms with van der Waals surface area (Å²) in [5.74, 6) is 0. The Morgan fingerprint density at radius 1 is 0.367 bits per heavy atom. The summed E-state index contributed by atoms with van der Waals surface area (Å²) >= 11 is 0. The molecule has 0 radical (unpaired) electrons. The molecule has 0 bridgehead atoms. The highest BCUT2D eigenvalue weighted by Crippen LogP contribution is 2.40. The van der Waals surface area contributed by atoms with Gasteiger partial charge in [-0.2, -0.15) is 0 Å². The summed E-state index contributed by atoms with van der Waals surface area (Å²) < 4.78 is 8.66. The van der Waals surface area contributed by atoms with Crippen LogP contribution < -0.4 is 4.90 Å². The van der Waals surface area contributed by atoms with Crippen molar-refractivity contribution in [3.8, 4) is 16.8 Å². The van der Waals surface area contributed by atoms with Crippen molar-refractivity contribution < 1.29 is 4.42 Å². The van der Waals surface area contributed by atoms with E-state index in [9.17, 15) is 0 Å². The van der Waals surface area contributed by atoms with Gasteiger partial charge in [-0.05, 0) is 101 Å². The molecule has 0 spiro atoms. The average molecular weight is 627 g/mol. The lowest BCUT2D eigenvalue weighted by molar-refractivity contribution is 0.669. The first kappa shape index (κ1) is 27.5. The first-order chi connectivity index (χ1) is 24.3. The lowest BCUT2D eigenvalue weighted by Gasteiger charge is -2.26. The van der Waals surface area contributed by atoms with E-state index < -0.39 is 0 Å². The fourth-order valence-electron chi connectivity index (χ4n) is 7.41. The SMILES string of the molecule is c1ccc(N(c2ccc(-c3ccc4ccccc4c3)cc2)c2ccc(-n3c4ccccc4c4cc5oc6ccccc6c5cc43)cc2)cc1. The highest BCUT2D eigenvalue weighted by molar-refractivity contribution is 6.17. The Morgan fingerprint density at radius 2 is 1.00 bits per heavy atom. The number of aromatic nitrogens is 1. The van der Waals surface area contributed by atoms with Crippen LogP contribution in [0.5, 0.6) is 0 Å². The van der Waals surface area contributed by atoms with E-state index >= 15 is 0 Å². The van der Waals surface area contributed by atoms with E-state index in [1.165, 1.54) is 38.2 Å². The molecule has 2 heterocycles. The van der Waals surface area contributed by atoms with Gasteiger partial charge in [0.15, 0.2) is 0 Å². The van der Waals surface area contributed by atoms with Crippen molar-refractivity contribution in [1.29, 1.82) is 0 Å². The van der Waals surface area contributed by atoms with Crippen molar-refractivity contribution in [2.45, 2.75) is 0 Å². The molecule has 3 heteroatoms. The molecule has 0 aliphatic heterocycles. The molecular formula is C46H30N2O. The van der Waals surface area contributed by atoms with Gasteiger partial charge in [-0.3, -0.25) is 0 Å². The van der Waals surface area contributed by atoms with Gasteiger partial charge in [-0.25, -0.2) is 0 Å². The van der Waals surface area contributed by atoms with Crippen LogP contribution in [0.4, 0.5) is 17.1 Å². The maximum absolute atomic E-state index is 6.29. The minimum Gasteiger partial charge on any atom is -0.456 e. The Labute approximate surface area is 283 Å². The quantitative estimate of drug-likeness (QED) is 0.190. The summed E-state index contributed by atoms with van der Waals surface area (Å²) in [4.78, 5) is 2.32. The van der Waals surface area contributed by atoms with E-state index in [1.807, 2.05) is 12.1 Å². The molecule has 0 aliphatic carbocycles. The molecule has 10 rings (SSSR count). The Kier molecular flexibility index (Phi) is 6.18. The molecular weight excluding hydrogens is 597 g/mol. The maximum Gasteiger partial charge on any atom is 0.136 e. The Morgan fingerprint density at radius 3 is 1.82 bits per heavy atom. The zero-order valence-electron chi connectivity index (χ0n) is 26.6. The van der Waals surface area contributed by atoms with Crippen molar-refractivity contribution in [2.24, 2.45) is 0 Å².